The molecule has 10 heteroatoms. The lowest BCUT2D eigenvalue weighted by Crippen LogP contribution is -2.42. The minimum Gasteiger partial charge on any atom is -0.497 e. The number of halogens is 5. The van der Waals surface area contributed by atoms with Crippen molar-refractivity contribution in [2.24, 2.45) is 0 Å². The summed E-state index contributed by atoms with van der Waals surface area (Å²) in [5.74, 6) is 0.122. The summed E-state index contributed by atoms with van der Waals surface area (Å²) in [7, 11) is 1.49. The molecule has 0 radical (unpaired) electrons. The molecule has 0 aromatic heterocycles. The molecule has 0 saturated carbocycles. The number of hydrogen-bond acceptors (Lipinski definition) is 4. The Balaban J connectivity index is 1.70. The second-order valence-electron chi connectivity index (χ2n) is 7.87. The first-order valence-corrected chi connectivity index (χ1v) is 11.0. The number of hydroxylamine groups is 1. The van der Waals surface area contributed by atoms with Gasteiger partial charge in [-0.1, -0.05) is 41.4 Å². The van der Waals surface area contributed by atoms with Crippen molar-refractivity contribution in [3.05, 3.63) is 99.0 Å². The van der Waals surface area contributed by atoms with E-state index in [-0.39, 0.29) is 21.3 Å². The second-order valence-corrected chi connectivity index (χ2v) is 8.74. The zero-order valence-electron chi connectivity index (χ0n) is 18.5. The normalized spacial score (nSPS) is 17.5. The van der Waals surface area contributed by atoms with Crippen LogP contribution in [0.2, 0.25) is 10.0 Å². The molecule has 5 nitrogen and oxygen atoms in total. The van der Waals surface area contributed by atoms with Crippen molar-refractivity contribution in [2.45, 2.75) is 18.7 Å². The van der Waals surface area contributed by atoms with Crippen molar-refractivity contribution in [1.29, 1.82) is 0 Å². The molecule has 1 aliphatic heterocycles. The van der Waals surface area contributed by atoms with Crippen LogP contribution < -0.4 is 15.5 Å². The topological polar surface area (TPSA) is 59.6 Å². The number of carbonyl (C=O) groups excluding carboxylic acids is 1. The molecule has 1 atom stereocenters. The van der Waals surface area contributed by atoms with Crippen molar-refractivity contribution >= 4 is 40.5 Å². The molecule has 3 aromatic carbocycles. The van der Waals surface area contributed by atoms with Gasteiger partial charge in [-0.25, -0.2) is 0 Å². The molecule has 0 aliphatic carbocycles. The number of aryl methyl sites for hydroxylation is 1. The van der Waals surface area contributed by atoms with Crippen LogP contribution in [0.25, 0.3) is 5.70 Å². The summed E-state index contributed by atoms with van der Waals surface area (Å²) in [5.41, 5.74) is 1.23. The van der Waals surface area contributed by atoms with Crippen LogP contribution in [0.3, 0.4) is 0 Å². The summed E-state index contributed by atoms with van der Waals surface area (Å²) in [5, 5.41) is 2.87. The molecule has 182 valence electrons. The van der Waals surface area contributed by atoms with E-state index in [9.17, 15) is 18.0 Å². The molecule has 35 heavy (non-hydrogen) atoms. The fourth-order valence-corrected chi connectivity index (χ4v) is 4.16. The molecule has 0 saturated heterocycles. The van der Waals surface area contributed by atoms with Gasteiger partial charge in [-0.15, -0.1) is 0 Å². The second kappa shape index (κ2) is 9.45. The highest BCUT2D eigenvalue weighted by atomic mass is 35.5. The van der Waals surface area contributed by atoms with Crippen LogP contribution in [0.4, 0.5) is 18.9 Å². The van der Waals surface area contributed by atoms with Crippen molar-refractivity contribution in [2.75, 3.05) is 12.4 Å². The zero-order valence-corrected chi connectivity index (χ0v) is 20.0. The van der Waals surface area contributed by atoms with Crippen LogP contribution in [0.5, 0.6) is 5.75 Å². The van der Waals surface area contributed by atoms with Crippen LogP contribution in [-0.2, 0) is 10.4 Å². The van der Waals surface area contributed by atoms with Crippen LogP contribution in [0, 0.1) is 6.92 Å². The quantitative estimate of drug-likeness (QED) is 0.382. The van der Waals surface area contributed by atoms with Gasteiger partial charge in [0.1, 0.15) is 5.75 Å². The molecule has 0 spiro atoms. The highest BCUT2D eigenvalue weighted by molar-refractivity contribution is 6.34. The fourth-order valence-electron chi connectivity index (χ4n) is 3.64. The predicted molar refractivity (Wildman–Crippen MR) is 129 cm³/mol. The van der Waals surface area contributed by atoms with Gasteiger partial charge in [-0.2, -0.15) is 13.2 Å². The predicted octanol–water partition coefficient (Wildman–Crippen LogP) is 6.90. The number of alkyl halides is 3. The maximum Gasteiger partial charge on any atom is 0.428 e. The maximum atomic E-state index is 14.3. The lowest BCUT2D eigenvalue weighted by Gasteiger charge is -2.28. The van der Waals surface area contributed by atoms with Gasteiger partial charge in [0.25, 0.3) is 5.91 Å². The van der Waals surface area contributed by atoms with Gasteiger partial charge in [-0.3, -0.25) is 15.1 Å². The fraction of sp³-hybridized carbons (Fsp3) is 0.160. The summed E-state index contributed by atoms with van der Waals surface area (Å²) in [6.07, 6.45) is -3.91. The van der Waals surface area contributed by atoms with E-state index in [1.807, 2.05) is 0 Å². The number of benzene rings is 3. The molecule has 0 bridgehead atoms. The lowest BCUT2D eigenvalue weighted by atomic mass is 9.91. The molecule has 4 rings (SSSR count). The minimum atomic E-state index is -4.83. The Morgan fingerprint density at radius 3 is 2.43 bits per heavy atom. The van der Waals surface area contributed by atoms with E-state index in [0.29, 0.717) is 28.1 Å². The summed E-state index contributed by atoms with van der Waals surface area (Å²) in [4.78, 5) is 17.9. The van der Waals surface area contributed by atoms with Gasteiger partial charge in [0.15, 0.2) is 0 Å². The summed E-state index contributed by atoms with van der Waals surface area (Å²) in [6.45, 7) is 1.77. The van der Waals surface area contributed by atoms with Gasteiger partial charge in [0.2, 0.25) is 5.60 Å². The molecule has 0 fully saturated rings. The molecule has 1 heterocycles. The third-order valence-corrected chi connectivity index (χ3v) is 5.95. The number of anilines is 1. The summed E-state index contributed by atoms with van der Waals surface area (Å²) in [6, 6.07) is 15.1. The Kier molecular flexibility index (Phi) is 6.73. The number of nitrogens with one attached hydrogen (secondary N) is 2. The first kappa shape index (κ1) is 24.9. The molecule has 1 aliphatic rings. The third-order valence-electron chi connectivity index (χ3n) is 5.51. The first-order chi connectivity index (χ1) is 16.5. The molecule has 3 aromatic rings. The van der Waals surface area contributed by atoms with Crippen molar-refractivity contribution < 1.29 is 27.5 Å². The average Bonchev–Trinajstić information content (AvgIpc) is 3.27. The molecule has 1 unspecified atom stereocenters. The Hall–Kier alpha value is -3.20. The average molecular weight is 523 g/mol. The van der Waals surface area contributed by atoms with Gasteiger partial charge < -0.3 is 10.1 Å². The highest BCUT2D eigenvalue weighted by Crippen LogP contribution is 2.48. The SMILES string of the molecule is COc1cccc(C(=O)Nc2cc(C3=CC(c4cc(Cl)cc(Cl)c4)(C(F)(F)F)ON3)ccc2C)c1. The molecular weight excluding hydrogens is 504 g/mol. The molecular formula is C25H19Cl2F3N2O3. The van der Waals surface area contributed by atoms with Gasteiger partial charge >= 0.3 is 6.18 Å². The Bertz CT molecular complexity index is 1310. The van der Waals surface area contributed by atoms with Crippen molar-refractivity contribution in [3.8, 4) is 5.75 Å². The molecule has 2 N–H and O–H groups in total. The van der Waals surface area contributed by atoms with E-state index < -0.39 is 17.7 Å². The van der Waals surface area contributed by atoms with E-state index >= 15 is 0 Å². The van der Waals surface area contributed by atoms with Gasteiger partial charge in [0.05, 0.1) is 12.8 Å². The lowest BCUT2D eigenvalue weighted by molar-refractivity contribution is -0.269. The number of hydrogen-bond donors (Lipinski definition) is 2. The first-order valence-electron chi connectivity index (χ1n) is 10.3. The van der Waals surface area contributed by atoms with Crippen LogP contribution in [0.1, 0.15) is 27.0 Å². The summed E-state index contributed by atoms with van der Waals surface area (Å²) < 4.78 is 47.9. The maximum absolute atomic E-state index is 14.3. The Morgan fingerprint density at radius 1 is 1.06 bits per heavy atom. The highest BCUT2D eigenvalue weighted by Gasteiger charge is 2.59. The standard InChI is InChI=1S/C25H19Cl2F3N2O3/c1-14-6-7-15(9-21(14)31-23(33)16-4-3-5-20(8-16)34-2)22-13-24(35-32-22,25(28,29)30)17-10-18(26)12-19(27)11-17/h3-13,32H,1-2H3,(H,31,33). The number of carbonyl (C=O) groups is 1. The number of rotatable bonds is 5. The van der Waals surface area contributed by atoms with E-state index in [4.69, 9.17) is 32.8 Å². The Labute approximate surface area is 209 Å². The van der Waals surface area contributed by atoms with E-state index in [0.717, 1.165) is 18.2 Å². The van der Waals surface area contributed by atoms with E-state index in [1.54, 1.807) is 49.4 Å². The van der Waals surface area contributed by atoms with Crippen molar-refractivity contribution in [3.63, 3.8) is 0 Å². The van der Waals surface area contributed by atoms with Gasteiger partial charge in [0, 0.05) is 32.4 Å². The van der Waals surface area contributed by atoms with Gasteiger partial charge in [-0.05, 0) is 61.0 Å². The molecule has 1 amide bonds. The number of ether oxygens (including phenoxy) is 1. The van der Waals surface area contributed by atoms with Crippen LogP contribution in [0.15, 0.2) is 66.7 Å². The van der Waals surface area contributed by atoms with Crippen LogP contribution in [-0.4, -0.2) is 19.2 Å². The largest absolute Gasteiger partial charge is 0.497 e. The number of amides is 1. The van der Waals surface area contributed by atoms with Crippen LogP contribution >= 0.6 is 23.2 Å². The third kappa shape index (κ3) is 4.96. The van der Waals surface area contributed by atoms with E-state index in [2.05, 4.69) is 10.8 Å². The Morgan fingerprint density at radius 2 is 1.77 bits per heavy atom. The summed E-state index contributed by atoms with van der Waals surface area (Å²) >= 11 is 11.9. The number of methoxy groups -OCH3 is 1. The monoisotopic (exact) mass is 522 g/mol. The van der Waals surface area contributed by atoms with E-state index in [1.165, 1.54) is 13.2 Å². The minimum absolute atomic E-state index is 0.0412. The smallest absolute Gasteiger partial charge is 0.428 e. The van der Waals surface area contributed by atoms with Crippen molar-refractivity contribution in [1.82, 2.24) is 5.48 Å². The zero-order chi connectivity index (χ0) is 25.4.